The topological polar surface area (TPSA) is 54.7 Å². The molecule has 2 aromatic rings. The minimum atomic E-state index is -0.536. The van der Waals surface area contributed by atoms with E-state index >= 15 is 0 Å². The fourth-order valence-corrected chi connectivity index (χ4v) is 4.49. The van der Waals surface area contributed by atoms with Gasteiger partial charge >= 0.3 is 0 Å². The summed E-state index contributed by atoms with van der Waals surface area (Å²) in [5.41, 5.74) is 0.506. The van der Waals surface area contributed by atoms with Crippen LogP contribution in [0.5, 0.6) is 5.75 Å². The van der Waals surface area contributed by atoms with E-state index in [-0.39, 0.29) is 11.8 Å². The predicted octanol–water partition coefficient (Wildman–Crippen LogP) is 2.80. The number of nitrogens with zero attached hydrogens (tertiary/aromatic N) is 2. The monoisotopic (exact) mass is 342 g/mol. The number of ether oxygens (including phenoxy) is 1. The van der Waals surface area contributed by atoms with Crippen LogP contribution in [0.2, 0.25) is 0 Å². The molecule has 0 radical (unpaired) electrons. The largest absolute Gasteiger partial charge is 0.497 e. The van der Waals surface area contributed by atoms with E-state index in [0.29, 0.717) is 26.1 Å². The van der Waals surface area contributed by atoms with Crippen LogP contribution in [0.25, 0.3) is 10.9 Å². The standard InChI is InChI=1S/C20H26N2O3/c1-25-17-5-6-18-15(12-17)7-10-21(18)14-19(23)22-11-9-20(24)8-3-2-4-16(20)13-22/h5-7,10,12,16,24H,2-4,8-9,11,13-14H2,1H3/t16-,20+/m0/s1. The average Bonchev–Trinajstić information content (AvgIpc) is 3.02. The first-order chi connectivity index (χ1) is 12.1. The van der Waals surface area contributed by atoms with Gasteiger partial charge in [-0.05, 0) is 43.5 Å². The summed E-state index contributed by atoms with van der Waals surface area (Å²) < 4.78 is 7.26. The summed E-state index contributed by atoms with van der Waals surface area (Å²) in [5, 5.41) is 11.9. The van der Waals surface area contributed by atoms with E-state index in [1.165, 1.54) is 6.42 Å². The van der Waals surface area contributed by atoms with Crippen molar-refractivity contribution >= 4 is 16.8 Å². The number of hydrogen-bond acceptors (Lipinski definition) is 3. The van der Waals surface area contributed by atoms with Crippen LogP contribution in [-0.4, -0.2) is 46.3 Å². The van der Waals surface area contributed by atoms with Gasteiger partial charge in [0.25, 0.3) is 0 Å². The number of rotatable bonds is 3. The van der Waals surface area contributed by atoms with E-state index in [1.54, 1.807) is 7.11 Å². The molecule has 1 saturated carbocycles. The molecule has 1 aromatic heterocycles. The normalized spacial score (nSPS) is 26.5. The molecule has 1 aromatic carbocycles. The summed E-state index contributed by atoms with van der Waals surface area (Å²) in [6.45, 7) is 1.71. The van der Waals surface area contributed by atoms with E-state index in [0.717, 1.165) is 35.9 Å². The number of piperidine rings is 1. The Morgan fingerprint density at radius 2 is 2.20 bits per heavy atom. The van der Waals surface area contributed by atoms with Gasteiger partial charge < -0.3 is 19.3 Å². The fraction of sp³-hybridized carbons (Fsp3) is 0.550. The molecule has 2 aliphatic rings. The minimum Gasteiger partial charge on any atom is -0.497 e. The molecule has 2 atom stereocenters. The average molecular weight is 342 g/mol. The van der Waals surface area contributed by atoms with Gasteiger partial charge in [0.15, 0.2) is 0 Å². The van der Waals surface area contributed by atoms with Gasteiger partial charge in [-0.15, -0.1) is 0 Å². The van der Waals surface area contributed by atoms with Crippen LogP contribution in [0.3, 0.4) is 0 Å². The Bertz CT molecular complexity index is 784. The van der Waals surface area contributed by atoms with Crippen molar-refractivity contribution in [3.05, 3.63) is 30.5 Å². The highest BCUT2D eigenvalue weighted by Gasteiger charge is 2.43. The number of likely N-dealkylation sites (tertiary alicyclic amines) is 1. The Morgan fingerprint density at radius 3 is 3.04 bits per heavy atom. The molecule has 1 N–H and O–H groups in total. The molecule has 0 unspecified atom stereocenters. The molecule has 1 aliphatic carbocycles. The quantitative estimate of drug-likeness (QED) is 0.933. The van der Waals surface area contributed by atoms with E-state index in [1.807, 2.05) is 39.9 Å². The lowest BCUT2D eigenvalue weighted by atomic mass is 9.71. The molecule has 25 heavy (non-hydrogen) atoms. The van der Waals surface area contributed by atoms with Crippen LogP contribution < -0.4 is 4.74 Å². The van der Waals surface area contributed by atoms with Crippen molar-refractivity contribution in [2.24, 2.45) is 5.92 Å². The SMILES string of the molecule is COc1ccc2c(ccn2CC(=O)N2CC[C@]3(O)CCCC[C@H]3C2)c1. The van der Waals surface area contributed by atoms with Crippen molar-refractivity contribution in [2.75, 3.05) is 20.2 Å². The first-order valence-corrected chi connectivity index (χ1v) is 9.22. The van der Waals surface area contributed by atoms with Crippen molar-refractivity contribution in [1.29, 1.82) is 0 Å². The molecule has 5 nitrogen and oxygen atoms in total. The van der Waals surface area contributed by atoms with Crippen LogP contribution >= 0.6 is 0 Å². The van der Waals surface area contributed by atoms with Crippen molar-refractivity contribution in [3.63, 3.8) is 0 Å². The lowest BCUT2D eigenvalue weighted by molar-refractivity contribution is -0.143. The molecule has 0 bridgehead atoms. The molecule has 2 fully saturated rings. The number of amides is 1. The van der Waals surface area contributed by atoms with Crippen molar-refractivity contribution in [2.45, 2.75) is 44.2 Å². The zero-order chi connectivity index (χ0) is 17.4. The lowest BCUT2D eigenvalue weighted by Crippen LogP contribution is -2.55. The maximum atomic E-state index is 12.8. The maximum absolute atomic E-state index is 12.8. The van der Waals surface area contributed by atoms with Gasteiger partial charge in [0.05, 0.1) is 12.7 Å². The highest BCUT2D eigenvalue weighted by Crippen LogP contribution is 2.39. The van der Waals surface area contributed by atoms with E-state index in [9.17, 15) is 9.90 Å². The van der Waals surface area contributed by atoms with Gasteiger partial charge in [-0.3, -0.25) is 4.79 Å². The summed E-state index contributed by atoms with van der Waals surface area (Å²) in [6, 6.07) is 7.92. The number of carbonyl (C=O) groups is 1. The minimum absolute atomic E-state index is 0.140. The molecule has 0 spiro atoms. The Morgan fingerprint density at radius 1 is 1.32 bits per heavy atom. The number of hydrogen-bond donors (Lipinski definition) is 1. The second-order valence-corrected chi connectivity index (χ2v) is 7.50. The Balaban J connectivity index is 1.47. The smallest absolute Gasteiger partial charge is 0.242 e. The Hall–Kier alpha value is -2.01. The van der Waals surface area contributed by atoms with Crippen LogP contribution in [-0.2, 0) is 11.3 Å². The number of aromatic nitrogens is 1. The molecule has 1 saturated heterocycles. The number of benzene rings is 1. The highest BCUT2D eigenvalue weighted by atomic mass is 16.5. The first-order valence-electron chi connectivity index (χ1n) is 9.22. The number of fused-ring (bicyclic) bond motifs is 2. The summed E-state index contributed by atoms with van der Waals surface area (Å²) in [5.74, 6) is 1.20. The molecular weight excluding hydrogens is 316 g/mol. The van der Waals surface area contributed by atoms with Crippen molar-refractivity contribution < 1.29 is 14.6 Å². The molecule has 1 aliphatic heterocycles. The van der Waals surface area contributed by atoms with Gasteiger partial charge in [0, 0.05) is 36.1 Å². The zero-order valence-corrected chi connectivity index (χ0v) is 14.8. The molecule has 2 heterocycles. The van der Waals surface area contributed by atoms with Gasteiger partial charge in [0.2, 0.25) is 5.91 Å². The van der Waals surface area contributed by atoms with Crippen LogP contribution in [0, 0.1) is 5.92 Å². The van der Waals surface area contributed by atoms with Crippen LogP contribution in [0.15, 0.2) is 30.5 Å². The van der Waals surface area contributed by atoms with Crippen molar-refractivity contribution in [3.8, 4) is 5.75 Å². The third-order valence-corrected chi connectivity index (χ3v) is 6.06. The summed E-state index contributed by atoms with van der Waals surface area (Å²) in [4.78, 5) is 14.8. The molecule has 5 heteroatoms. The second kappa shape index (κ2) is 6.37. The Labute approximate surface area is 148 Å². The van der Waals surface area contributed by atoms with Gasteiger partial charge in [0.1, 0.15) is 12.3 Å². The highest BCUT2D eigenvalue weighted by molar-refractivity contribution is 5.84. The zero-order valence-electron chi connectivity index (χ0n) is 14.8. The summed E-state index contributed by atoms with van der Waals surface area (Å²) in [6.07, 6.45) is 6.88. The van der Waals surface area contributed by atoms with Gasteiger partial charge in [-0.2, -0.15) is 0 Å². The van der Waals surface area contributed by atoms with Gasteiger partial charge in [-0.25, -0.2) is 0 Å². The van der Waals surface area contributed by atoms with Crippen molar-refractivity contribution in [1.82, 2.24) is 9.47 Å². The predicted molar refractivity (Wildman–Crippen MR) is 96.6 cm³/mol. The summed E-state index contributed by atoms with van der Waals surface area (Å²) in [7, 11) is 1.66. The van der Waals surface area contributed by atoms with E-state index < -0.39 is 5.60 Å². The maximum Gasteiger partial charge on any atom is 0.242 e. The summed E-state index contributed by atoms with van der Waals surface area (Å²) >= 11 is 0. The molecular formula is C20H26N2O3. The molecule has 4 rings (SSSR count). The number of methoxy groups -OCH3 is 1. The van der Waals surface area contributed by atoms with Crippen LogP contribution in [0.4, 0.5) is 0 Å². The number of aliphatic hydroxyl groups is 1. The van der Waals surface area contributed by atoms with E-state index in [4.69, 9.17) is 4.74 Å². The number of carbonyl (C=O) groups excluding carboxylic acids is 1. The molecule has 1 amide bonds. The van der Waals surface area contributed by atoms with Gasteiger partial charge in [-0.1, -0.05) is 12.8 Å². The van der Waals surface area contributed by atoms with Crippen LogP contribution in [0.1, 0.15) is 32.1 Å². The second-order valence-electron chi connectivity index (χ2n) is 7.50. The molecule has 134 valence electrons. The van der Waals surface area contributed by atoms with E-state index in [2.05, 4.69) is 0 Å². The fourth-order valence-electron chi connectivity index (χ4n) is 4.49. The Kier molecular flexibility index (Phi) is 4.20. The lowest BCUT2D eigenvalue weighted by Gasteiger charge is -2.47. The third-order valence-electron chi connectivity index (χ3n) is 6.06. The third kappa shape index (κ3) is 3.01. The first kappa shape index (κ1) is 16.5.